The van der Waals surface area contributed by atoms with Gasteiger partial charge in [0.25, 0.3) is 0 Å². The SMILES string of the molecule is CCN1NNN=C1COc1ccc(/C(C)=N/OCc2ccc(C(F)(F)F)cc2)cn1. The number of oxime groups is 1. The normalized spacial score (nSPS) is 14.4. The number of hydrogen-bond donors (Lipinski definition) is 2. The van der Waals surface area contributed by atoms with Gasteiger partial charge in [0.15, 0.2) is 12.4 Å². The minimum Gasteiger partial charge on any atom is -0.469 e. The van der Waals surface area contributed by atoms with Crippen LogP contribution in [0.1, 0.15) is 30.5 Å². The molecule has 0 unspecified atom stereocenters. The summed E-state index contributed by atoms with van der Waals surface area (Å²) in [5.74, 6) is 1.14. The van der Waals surface area contributed by atoms with Crippen molar-refractivity contribution in [2.45, 2.75) is 26.6 Å². The molecular weight excluding hydrogens is 401 g/mol. The highest BCUT2D eigenvalue weighted by atomic mass is 19.4. The van der Waals surface area contributed by atoms with Crippen LogP contribution in [0.25, 0.3) is 0 Å². The minimum absolute atomic E-state index is 0.0577. The van der Waals surface area contributed by atoms with E-state index in [4.69, 9.17) is 9.57 Å². The summed E-state index contributed by atoms with van der Waals surface area (Å²) in [4.78, 5) is 9.47. The highest BCUT2D eigenvalue weighted by Crippen LogP contribution is 2.29. The zero-order valence-corrected chi connectivity index (χ0v) is 16.4. The fraction of sp³-hybridized carbons (Fsp3) is 0.316. The maximum absolute atomic E-state index is 12.6. The third-order valence-electron chi connectivity index (χ3n) is 4.21. The van der Waals surface area contributed by atoms with Crippen molar-refractivity contribution >= 4 is 11.5 Å². The molecule has 1 aliphatic rings. The second kappa shape index (κ2) is 9.44. The van der Waals surface area contributed by atoms with Crippen molar-refractivity contribution in [2.75, 3.05) is 13.2 Å². The third-order valence-corrected chi connectivity index (χ3v) is 4.21. The Hall–Kier alpha value is -3.34. The van der Waals surface area contributed by atoms with E-state index in [0.717, 1.165) is 24.2 Å². The Balaban J connectivity index is 1.50. The van der Waals surface area contributed by atoms with Crippen LogP contribution in [0.2, 0.25) is 0 Å². The molecule has 0 saturated carbocycles. The Morgan fingerprint density at radius 2 is 1.90 bits per heavy atom. The van der Waals surface area contributed by atoms with E-state index in [-0.39, 0.29) is 13.2 Å². The van der Waals surface area contributed by atoms with Crippen LogP contribution in [0.3, 0.4) is 0 Å². The van der Waals surface area contributed by atoms with Crippen LogP contribution in [0.15, 0.2) is 52.9 Å². The van der Waals surface area contributed by atoms with Gasteiger partial charge in [-0.05, 0) is 37.6 Å². The molecule has 1 aromatic carbocycles. The number of benzene rings is 1. The maximum Gasteiger partial charge on any atom is 0.416 e. The van der Waals surface area contributed by atoms with Gasteiger partial charge in [0.2, 0.25) is 5.88 Å². The molecule has 11 heteroatoms. The lowest BCUT2D eigenvalue weighted by Gasteiger charge is -2.16. The van der Waals surface area contributed by atoms with Crippen molar-refractivity contribution < 1.29 is 22.7 Å². The Bertz CT molecular complexity index is 898. The quantitative estimate of drug-likeness (QED) is 0.503. The number of ether oxygens (including phenoxy) is 1. The number of likely N-dealkylation sites (N-methyl/N-ethyl adjacent to an activating group) is 1. The average molecular weight is 422 g/mol. The van der Waals surface area contributed by atoms with Crippen molar-refractivity contribution in [2.24, 2.45) is 10.3 Å². The molecular formula is C19H21F3N6O2. The second-order valence-corrected chi connectivity index (χ2v) is 6.31. The summed E-state index contributed by atoms with van der Waals surface area (Å²) in [6, 6.07) is 8.24. The molecule has 1 aromatic heterocycles. The molecule has 160 valence electrons. The summed E-state index contributed by atoms with van der Waals surface area (Å²) in [6.07, 6.45) is -2.76. The summed E-state index contributed by atoms with van der Waals surface area (Å²) >= 11 is 0. The van der Waals surface area contributed by atoms with E-state index in [0.29, 0.717) is 23.0 Å². The van der Waals surface area contributed by atoms with Crippen molar-refractivity contribution in [3.05, 3.63) is 59.3 Å². The van der Waals surface area contributed by atoms with Crippen LogP contribution < -0.4 is 15.8 Å². The molecule has 2 N–H and O–H groups in total. The third kappa shape index (κ3) is 5.60. The van der Waals surface area contributed by atoms with Gasteiger partial charge in [0.1, 0.15) is 6.61 Å². The first-order chi connectivity index (χ1) is 14.4. The Kier molecular flexibility index (Phi) is 6.72. The molecule has 0 amide bonds. The molecule has 2 heterocycles. The molecule has 0 fully saturated rings. The van der Waals surface area contributed by atoms with Gasteiger partial charge >= 0.3 is 6.18 Å². The first-order valence-electron chi connectivity index (χ1n) is 9.13. The van der Waals surface area contributed by atoms with Gasteiger partial charge in [-0.1, -0.05) is 17.3 Å². The van der Waals surface area contributed by atoms with Crippen LogP contribution in [0.5, 0.6) is 5.88 Å². The number of hydrazone groups is 1. The maximum atomic E-state index is 12.6. The minimum atomic E-state index is -4.36. The van der Waals surface area contributed by atoms with E-state index in [1.165, 1.54) is 12.1 Å². The highest BCUT2D eigenvalue weighted by Gasteiger charge is 2.29. The fourth-order valence-electron chi connectivity index (χ4n) is 2.51. The van der Waals surface area contributed by atoms with Gasteiger partial charge in [-0.2, -0.15) is 13.2 Å². The first-order valence-corrected chi connectivity index (χ1v) is 9.13. The van der Waals surface area contributed by atoms with Crippen LogP contribution >= 0.6 is 0 Å². The summed E-state index contributed by atoms with van der Waals surface area (Å²) in [6.45, 7) is 4.76. The zero-order chi connectivity index (χ0) is 21.6. The van der Waals surface area contributed by atoms with Crippen molar-refractivity contribution in [3.8, 4) is 5.88 Å². The van der Waals surface area contributed by atoms with Crippen LogP contribution in [0.4, 0.5) is 13.2 Å². The van der Waals surface area contributed by atoms with Crippen LogP contribution in [-0.2, 0) is 17.6 Å². The molecule has 1 aliphatic heterocycles. The van der Waals surface area contributed by atoms with Crippen molar-refractivity contribution in [1.82, 2.24) is 21.1 Å². The fourth-order valence-corrected chi connectivity index (χ4v) is 2.51. The number of nitrogens with one attached hydrogen (secondary N) is 2. The summed E-state index contributed by atoms with van der Waals surface area (Å²) in [5.41, 5.74) is 6.70. The Morgan fingerprint density at radius 3 is 2.53 bits per heavy atom. The molecule has 30 heavy (non-hydrogen) atoms. The molecule has 0 atom stereocenters. The largest absolute Gasteiger partial charge is 0.469 e. The van der Waals surface area contributed by atoms with E-state index >= 15 is 0 Å². The smallest absolute Gasteiger partial charge is 0.416 e. The van der Waals surface area contributed by atoms with Gasteiger partial charge in [0, 0.05) is 24.4 Å². The van der Waals surface area contributed by atoms with E-state index in [2.05, 4.69) is 26.3 Å². The second-order valence-electron chi connectivity index (χ2n) is 6.31. The lowest BCUT2D eigenvalue weighted by molar-refractivity contribution is -0.137. The summed E-state index contributed by atoms with van der Waals surface area (Å²) < 4.78 is 43.3. The lowest BCUT2D eigenvalue weighted by atomic mass is 10.1. The van der Waals surface area contributed by atoms with Crippen molar-refractivity contribution in [1.29, 1.82) is 0 Å². The predicted octanol–water partition coefficient (Wildman–Crippen LogP) is 3.08. The number of aromatic nitrogens is 1. The summed E-state index contributed by atoms with van der Waals surface area (Å²) in [7, 11) is 0. The van der Waals surface area contributed by atoms with E-state index in [1.54, 1.807) is 30.3 Å². The van der Waals surface area contributed by atoms with E-state index in [9.17, 15) is 13.2 Å². The monoisotopic (exact) mass is 422 g/mol. The van der Waals surface area contributed by atoms with E-state index < -0.39 is 11.7 Å². The highest BCUT2D eigenvalue weighted by molar-refractivity contribution is 5.98. The van der Waals surface area contributed by atoms with Crippen molar-refractivity contribution in [3.63, 3.8) is 0 Å². The van der Waals surface area contributed by atoms with Gasteiger partial charge < -0.3 is 9.57 Å². The molecule has 0 bridgehead atoms. The number of amidine groups is 1. The number of hydrogen-bond acceptors (Lipinski definition) is 8. The van der Waals surface area contributed by atoms with Gasteiger partial charge in [0.05, 0.1) is 11.3 Å². The molecule has 0 spiro atoms. The number of rotatable bonds is 8. The van der Waals surface area contributed by atoms with Crippen LogP contribution in [0, 0.1) is 0 Å². The molecule has 3 rings (SSSR count). The van der Waals surface area contributed by atoms with Crippen LogP contribution in [-0.4, -0.2) is 34.7 Å². The topological polar surface area (TPSA) is 83.4 Å². The number of nitrogens with zero attached hydrogens (tertiary/aromatic N) is 4. The average Bonchev–Trinajstić information content (AvgIpc) is 3.20. The first kappa shape index (κ1) is 21.4. The number of halogens is 3. The molecule has 2 aromatic rings. The number of hydrazine groups is 2. The van der Waals surface area contributed by atoms with Gasteiger partial charge in [-0.3, -0.25) is 5.01 Å². The standard InChI is InChI=1S/C19H21F3N6O2/c1-3-28-17(24-26-27-28)12-29-18-9-6-15(10-23-18)13(2)25-30-11-14-4-7-16(8-5-14)19(20,21)22/h4-10,26-27H,3,11-12H2,1-2H3/b25-13+. The molecule has 0 aliphatic carbocycles. The summed E-state index contributed by atoms with van der Waals surface area (Å²) in [5, 5.41) is 9.86. The van der Waals surface area contributed by atoms with Gasteiger partial charge in [-0.15, -0.1) is 10.6 Å². The Labute approximate surface area is 171 Å². The van der Waals surface area contributed by atoms with E-state index in [1.807, 2.05) is 6.92 Å². The molecule has 0 radical (unpaired) electrons. The number of pyridine rings is 1. The zero-order valence-electron chi connectivity index (χ0n) is 16.4. The van der Waals surface area contributed by atoms with Gasteiger partial charge in [-0.25, -0.2) is 10.5 Å². The number of alkyl halides is 3. The molecule has 8 nitrogen and oxygen atoms in total. The lowest BCUT2D eigenvalue weighted by Crippen LogP contribution is -2.42. The molecule has 0 saturated heterocycles. The Morgan fingerprint density at radius 1 is 1.13 bits per heavy atom. The predicted molar refractivity (Wildman–Crippen MR) is 104 cm³/mol.